The molecule has 1 nitrogen and oxygen atoms in total. The van der Waals surface area contributed by atoms with Gasteiger partial charge in [-0.05, 0) is 41.4 Å². The molecule has 3 heteroatoms. The molecule has 12 heavy (non-hydrogen) atoms. The minimum atomic E-state index is 0.168. The van der Waals surface area contributed by atoms with Gasteiger partial charge in [0.1, 0.15) is 0 Å². The molecule has 0 fully saturated rings. The maximum atomic E-state index is 11.5. The highest BCUT2D eigenvalue weighted by atomic mass is 79.9. The fraction of sp³-hybridized carbons (Fsp3) is 0.222. The summed E-state index contributed by atoms with van der Waals surface area (Å²) in [7, 11) is 0. The molecule has 0 aliphatic heterocycles. The summed E-state index contributed by atoms with van der Waals surface area (Å²) < 4.78 is 0.973. The predicted octanol–water partition coefficient (Wildman–Crippen LogP) is 3.42. The number of aryl methyl sites for hydroxylation is 1. The van der Waals surface area contributed by atoms with Crippen LogP contribution in [0.15, 0.2) is 10.0 Å². The molecule has 0 radical (unpaired) electrons. The van der Waals surface area contributed by atoms with Gasteiger partial charge in [-0.1, -0.05) is 0 Å². The Morgan fingerprint density at radius 2 is 2.08 bits per heavy atom. The Kier molecular flexibility index (Phi) is 1.73. The van der Waals surface area contributed by atoms with E-state index in [-0.39, 0.29) is 5.78 Å². The van der Waals surface area contributed by atoms with Crippen LogP contribution in [0.2, 0.25) is 0 Å². The van der Waals surface area contributed by atoms with Crippen LogP contribution < -0.4 is 0 Å². The van der Waals surface area contributed by atoms with Crippen LogP contribution >= 0.6 is 27.3 Å². The number of hydrogen-bond acceptors (Lipinski definition) is 2. The van der Waals surface area contributed by atoms with Gasteiger partial charge in [0, 0.05) is 14.2 Å². The van der Waals surface area contributed by atoms with Gasteiger partial charge in [0.15, 0.2) is 5.78 Å². The summed E-state index contributed by atoms with van der Waals surface area (Å²) in [5, 5.41) is 0. The molecule has 1 aliphatic rings. The first-order valence-corrected chi connectivity index (χ1v) is 5.24. The zero-order chi connectivity index (χ0) is 8.88. The molecule has 62 valence electrons. The Labute approximate surface area is 83.2 Å². The van der Waals surface area contributed by atoms with Crippen molar-refractivity contribution in [3.8, 4) is 0 Å². The van der Waals surface area contributed by atoms with Gasteiger partial charge in [0.25, 0.3) is 0 Å². The first-order valence-electron chi connectivity index (χ1n) is 3.63. The van der Waals surface area contributed by atoms with Crippen molar-refractivity contribution < 1.29 is 4.79 Å². The number of Topliss-reactive ketones (excluding diaryl/α,β-unsaturated/α-hetero) is 1. The molecule has 0 saturated heterocycles. The van der Waals surface area contributed by atoms with Gasteiger partial charge in [0.05, 0.1) is 5.56 Å². The van der Waals surface area contributed by atoms with Crippen LogP contribution in [0.25, 0.3) is 6.08 Å². The molecule has 1 heterocycles. The first-order chi connectivity index (χ1) is 5.61. The highest BCUT2D eigenvalue weighted by molar-refractivity contribution is 9.10. The van der Waals surface area contributed by atoms with Crippen LogP contribution in [0.5, 0.6) is 0 Å². The highest BCUT2D eigenvalue weighted by Crippen LogP contribution is 2.39. The molecule has 0 N–H and O–H groups in total. The Bertz CT molecular complexity index is 401. The zero-order valence-corrected chi connectivity index (χ0v) is 9.17. The SMILES string of the molecule is CC1=Cc2sc(C)c(Br)c2C1=O. The van der Waals surface area contributed by atoms with Crippen LogP contribution in [0.4, 0.5) is 0 Å². The van der Waals surface area contributed by atoms with Crippen molar-refractivity contribution in [1.82, 2.24) is 0 Å². The summed E-state index contributed by atoms with van der Waals surface area (Å²) in [5.74, 6) is 0.168. The molecule has 0 unspecified atom stereocenters. The smallest absolute Gasteiger partial charge is 0.191 e. The van der Waals surface area contributed by atoms with Gasteiger partial charge in [-0.2, -0.15) is 0 Å². The second kappa shape index (κ2) is 2.54. The van der Waals surface area contributed by atoms with E-state index in [4.69, 9.17) is 0 Å². The Morgan fingerprint density at radius 3 is 2.67 bits per heavy atom. The average Bonchev–Trinajstić information content (AvgIpc) is 2.40. The van der Waals surface area contributed by atoms with Crippen LogP contribution in [-0.4, -0.2) is 5.78 Å². The standard InChI is InChI=1S/C9H7BrOS/c1-4-3-6-7(9(4)11)8(10)5(2)12-6/h3H,1-2H3. The molecule has 0 saturated carbocycles. The number of halogens is 1. The summed E-state index contributed by atoms with van der Waals surface area (Å²) in [4.78, 5) is 13.8. The molecule has 0 amide bonds. The first kappa shape index (κ1) is 8.20. The summed E-state index contributed by atoms with van der Waals surface area (Å²) in [5.41, 5.74) is 1.70. The summed E-state index contributed by atoms with van der Waals surface area (Å²) in [6.07, 6.45) is 1.96. The van der Waals surface area contributed by atoms with E-state index in [1.807, 2.05) is 19.9 Å². The van der Waals surface area contributed by atoms with Crippen molar-refractivity contribution in [2.45, 2.75) is 13.8 Å². The average molecular weight is 243 g/mol. The van der Waals surface area contributed by atoms with Crippen molar-refractivity contribution in [3.63, 3.8) is 0 Å². The summed E-state index contributed by atoms with van der Waals surface area (Å²) >= 11 is 5.09. The molecule has 0 aromatic carbocycles. The normalized spacial score (nSPS) is 14.9. The van der Waals surface area contributed by atoms with Gasteiger partial charge in [0.2, 0.25) is 0 Å². The minimum absolute atomic E-state index is 0.168. The van der Waals surface area contributed by atoms with Gasteiger partial charge in [-0.25, -0.2) is 0 Å². The number of carbonyl (C=O) groups excluding carboxylic acids is 1. The third-order valence-electron chi connectivity index (χ3n) is 1.97. The number of fused-ring (bicyclic) bond motifs is 1. The molecule has 1 aromatic heterocycles. The lowest BCUT2D eigenvalue weighted by Crippen LogP contribution is -1.94. The van der Waals surface area contributed by atoms with Crippen molar-refractivity contribution in [2.75, 3.05) is 0 Å². The third kappa shape index (κ3) is 0.930. The van der Waals surface area contributed by atoms with Crippen LogP contribution in [0.1, 0.15) is 27.0 Å². The largest absolute Gasteiger partial charge is 0.289 e. The lowest BCUT2D eigenvalue weighted by molar-refractivity contribution is 0.103. The van der Waals surface area contributed by atoms with Crippen molar-refractivity contribution in [2.24, 2.45) is 0 Å². The topological polar surface area (TPSA) is 17.1 Å². The van der Waals surface area contributed by atoms with Crippen LogP contribution in [0.3, 0.4) is 0 Å². The highest BCUT2D eigenvalue weighted by Gasteiger charge is 2.25. The molecule has 0 bridgehead atoms. The number of allylic oxidation sites excluding steroid dienone is 1. The monoisotopic (exact) mass is 242 g/mol. The summed E-state index contributed by atoms with van der Waals surface area (Å²) in [6.45, 7) is 3.88. The molecular weight excluding hydrogens is 236 g/mol. The third-order valence-corrected chi connectivity index (χ3v) is 4.28. The number of rotatable bonds is 0. The van der Waals surface area contributed by atoms with Crippen molar-refractivity contribution in [1.29, 1.82) is 0 Å². The molecule has 1 aromatic rings. The van der Waals surface area contributed by atoms with Crippen molar-refractivity contribution in [3.05, 3.63) is 25.4 Å². The van der Waals surface area contributed by atoms with Gasteiger partial charge in [-0.3, -0.25) is 4.79 Å². The van der Waals surface area contributed by atoms with Gasteiger partial charge < -0.3 is 0 Å². The number of ketones is 1. The van der Waals surface area contributed by atoms with E-state index in [1.165, 1.54) is 4.88 Å². The summed E-state index contributed by atoms with van der Waals surface area (Å²) in [6, 6.07) is 0. The molecule has 0 spiro atoms. The maximum absolute atomic E-state index is 11.5. The van der Waals surface area contributed by atoms with Crippen molar-refractivity contribution >= 4 is 39.1 Å². The van der Waals surface area contributed by atoms with E-state index < -0.39 is 0 Å². The molecule has 2 rings (SSSR count). The quantitative estimate of drug-likeness (QED) is 0.682. The van der Waals surface area contributed by atoms with E-state index in [9.17, 15) is 4.79 Å². The van der Waals surface area contributed by atoms with E-state index in [2.05, 4.69) is 15.9 Å². The number of hydrogen-bond donors (Lipinski definition) is 0. The molecule has 0 atom stereocenters. The molecular formula is C9H7BrOS. The zero-order valence-electron chi connectivity index (χ0n) is 6.77. The Hall–Kier alpha value is -0.410. The number of thiophene rings is 1. The number of carbonyl (C=O) groups is 1. The Balaban J connectivity index is 2.72. The lowest BCUT2D eigenvalue weighted by atomic mass is 10.2. The van der Waals surface area contributed by atoms with E-state index >= 15 is 0 Å². The van der Waals surface area contributed by atoms with Gasteiger partial charge in [-0.15, -0.1) is 11.3 Å². The second-order valence-electron chi connectivity index (χ2n) is 2.87. The van der Waals surface area contributed by atoms with E-state index in [0.717, 1.165) is 20.5 Å². The Morgan fingerprint density at radius 1 is 1.42 bits per heavy atom. The fourth-order valence-electron chi connectivity index (χ4n) is 1.32. The van der Waals surface area contributed by atoms with E-state index in [0.29, 0.717) is 0 Å². The maximum Gasteiger partial charge on any atom is 0.191 e. The van der Waals surface area contributed by atoms with Crippen LogP contribution in [0, 0.1) is 6.92 Å². The molecule has 1 aliphatic carbocycles. The fourth-order valence-corrected chi connectivity index (χ4v) is 3.14. The second-order valence-corrected chi connectivity index (χ2v) is 4.92. The lowest BCUT2D eigenvalue weighted by Gasteiger charge is -1.92. The van der Waals surface area contributed by atoms with E-state index in [1.54, 1.807) is 11.3 Å². The minimum Gasteiger partial charge on any atom is -0.289 e. The van der Waals surface area contributed by atoms with Crippen LogP contribution in [-0.2, 0) is 0 Å². The predicted molar refractivity (Wildman–Crippen MR) is 54.7 cm³/mol. The van der Waals surface area contributed by atoms with Gasteiger partial charge >= 0.3 is 0 Å².